The minimum atomic E-state index is 0.0306. The molecule has 4 nitrogen and oxygen atoms in total. The Kier molecular flexibility index (Phi) is 6.32. The van der Waals surface area contributed by atoms with Gasteiger partial charge in [-0.15, -0.1) is 0 Å². The maximum atomic E-state index is 12.8. The Morgan fingerprint density at radius 2 is 1.57 bits per heavy atom. The lowest BCUT2D eigenvalue weighted by Gasteiger charge is -2.56. The van der Waals surface area contributed by atoms with Crippen molar-refractivity contribution in [3.8, 4) is 0 Å². The zero-order valence-corrected chi connectivity index (χ0v) is 17.8. The van der Waals surface area contributed by atoms with Gasteiger partial charge in [0.15, 0.2) is 0 Å². The van der Waals surface area contributed by atoms with Crippen LogP contribution in [0.1, 0.15) is 103 Å². The van der Waals surface area contributed by atoms with Gasteiger partial charge in [0.2, 0.25) is 0 Å². The Balaban J connectivity index is 1.24. The molecule has 158 valence electrons. The van der Waals surface area contributed by atoms with Gasteiger partial charge in [-0.05, 0) is 82.0 Å². The summed E-state index contributed by atoms with van der Waals surface area (Å²) in [7, 11) is 0. The number of Topliss-reactive ketones (excluding diaryl/α,β-unsaturated/α-hetero) is 1. The number of unbranched alkanes of at least 4 members (excludes halogenated alkanes) is 3. The van der Waals surface area contributed by atoms with Crippen molar-refractivity contribution in [2.24, 2.45) is 23.7 Å². The van der Waals surface area contributed by atoms with Gasteiger partial charge in [-0.25, -0.2) is 4.79 Å². The molecule has 0 aliphatic heterocycles. The fourth-order valence-corrected chi connectivity index (χ4v) is 7.27. The van der Waals surface area contributed by atoms with Crippen molar-refractivity contribution in [2.45, 2.75) is 115 Å². The molecule has 2 unspecified atom stereocenters. The number of urea groups is 1. The second kappa shape index (κ2) is 8.75. The van der Waals surface area contributed by atoms with Crippen molar-refractivity contribution in [3.63, 3.8) is 0 Å². The first-order chi connectivity index (χ1) is 13.5. The van der Waals surface area contributed by atoms with Crippen LogP contribution < -0.4 is 10.6 Å². The molecule has 2 amide bonds. The van der Waals surface area contributed by atoms with Crippen molar-refractivity contribution in [1.29, 1.82) is 0 Å². The van der Waals surface area contributed by atoms with E-state index >= 15 is 0 Å². The number of amides is 2. The number of ketones is 1. The Hall–Kier alpha value is -1.06. The lowest BCUT2D eigenvalue weighted by Crippen LogP contribution is -2.62. The molecular weight excluding hydrogens is 348 g/mol. The van der Waals surface area contributed by atoms with Crippen molar-refractivity contribution in [3.05, 3.63) is 0 Å². The van der Waals surface area contributed by atoms with Crippen molar-refractivity contribution >= 4 is 11.8 Å². The van der Waals surface area contributed by atoms with Gasteiger partial charge in [0, 0.05) is 23.9 Å². The first-order valence-electron chi connectivity index (χ1n) is 12.2. The van der Waals surface area contributed by atoms with Gasteiger partial charge in [0.1, 0.15) is 5.78 Å². The van der Waals surface area contributed by atoms with Crippen LogP contribution in [0.3, 0.4) is 0 Å². The smallest absolute Gasteiger partial charge is 0.315 e. The fourth-order valence-electron chi connectivity index (χ4n) is 7.27. The summed E-state index contributed by atoms with van der Waals surface area (Å²) in [6.45, 7) is 2.20. The highest BCUT2D eigenvalue weighted by Crippen LogP contribution is 2.55. The predicted molar refractivity (Wildman–Crippen MR) is 112 cm³/mol. The summed E-state index contributed by atoms with van der Waals surface area (Å²) in [4.78, 5) is 25.4. The summed E-state index contributed by atoms with van der Waals surface area (Å²) in [5.41, 5.74) is 0.0714. The Labute approximate surface area is 171 Å². The first kappa shape index (κ1) is 20.2. The molecule has 4 heteroatoms. The molecule has 5 aliphatic carbocycles. The standard InChI is InChI=1S/C24H40N2O2/c1-2-3-4-5-9-22(27)20-7-6-8-21(13-20)25-23(28)26-24-14-17-10-18(15-24)12-19(11-17)16-24/h17-21H,2-16H2,1H3,(H2,25,26,28). The van der Waals surface area contributed by atoms with Gasteiger partial charge < -0.3 is 10.6 Å². The number of hydrogen-bond acceptors (Lipinski definition) is 2. The molecule has 0 radical (unpaired) electrons. The van der Waals surface area contributed by atoms with Crippen LogP contribution in [-0.4, -0.2) is 23.4 Å². The molecule has 5 fully saturated rings. The normalized spacial score (nSPS) is 39.0. The third-order valence-electron chi connectivity index (χ3n) is 8.16. The molecule has 5 saturated carbocycles. The minimum absolute atomic E-state index is 0.0306. The van der Waals surface area contributed by atoms with Crippen molar-refractivity contribution in [1.82, 2.24) is 10.6 Å². The number of rotatable bonds is 8. The highest BCUT2D eigenvalue weighted by molar-refractivity contribution is 5.81. The summed E-state index contributed by atoms with van der Waals surface area (Å²) in [6, 6.07) is 0.204. The van der Waals surface area contributed by atoms with Gasteiger partial charge in [-0.1, -0.05) is 32.6 Å². The topological polar surface area (TPSA) is 58.2 Å². The van der Waals surface area contributed by atoms with Gasteiger partial charge in [-0.3, -0.25) is 4.79 Å². The van der Waals surface area contributed by atoms with Crippen LogP contribution in [-0.2, 0) is 4.79 Å². The van der Waals surface area contributed by atoms with Gasteiger partial charge in [0.25, 0.3) is 0 Å². The minimum Gasteiger partial charge on any atom is -0.335 e. The molecule has 5 aliphatic rings. The van der Waals surface area contributed by atoms with Crippen LogP contribution in [0.25, 0.3) is 0 Å². The Morgan fingerprint density at radius 1 is 0.893 bits per heavy atom. The lowest BCUT2D eigenvalue weighted by atomic mass is 9.53. The summed E-state index contributed by atoms with van der Waals surface area (Å²) >= 11 is 0. The zero-order chi connectivity index (χ0) is 19.6. The second-order valence-electron chi connectivity index (χ2n) is 10.6. The molecular formula is C24H40N2O2. The second-order valence-corrected chi connectivity index (χ2v) is 10.6. The molecule has 5 rings (SSSR count). The average molecular weight is 389 g/mol. The van der Waals surface area contributed by atoms with E-state index in [1.807, 2.05) is 0 Å². The molecule has 0 saturated heterocycles. The van der Waals surface area contributed by atoms with E-state index in [4.69, 9.17) is 0 Å². The fraction of sp³-hybridized carbons (Fsp3) is 0.917. The highest BCUT2D eigenvalue weighted by atomic mass is 16.2. The van der Waals surface area contributed by atoms with E-state index in [1.165, 1.54) is 57.8 Å². The van der Waals surface area contributed by atoms with Crippen LogP contribution in [0.2, 0.25) is 0 Å². The van der Waals surface area contributed by atoms with Crippen LogP contribution in [0.15, 0.2) is 0 Å². The van der Waals surface area contributed by atoms with Gasteiger partial charge in [-0.2, -0.15) is 0 Å². The summed E-state index contributed by atoms with van der Waals surface area (Å²) in [5, 5.41) is 6.68. The van der Waals surface area contributed by atoms with E-state index < -0.39 is 0 Å². The van der Waals surface area contributed by atoms with Crippen molar-refractivity contribution in [2.75, 3.05) is 0 Å². The van der Waals surface area contributed by atoms with E-state index in [9.17, 15) is 9.59 Å². The van der Waals surface area contributed by atoms with E-state index in [-0.39, 0.29) is 23.5 Å². The first-order valence-corrected chi connectivity index (χ1v) is 12.2. The molecule has 0 aromatic carbocycles. The SMILES string of the molecule is CCCCCCC(=O)C1CCCC(NC(=O)NC23CC4CC(CC(C4)C2)C3)C1. The molecule has 0 aromatic heterocycles. The number of carbonyl (C=O) groups is 2. The summed E-state index contributed by atoms with van der Waals surface area (Å²) < 4.78 is 0. The molecule has 0 heterocycles. The molecule has 4 bridgehead atoms. The Bertz CT molecular complexity index is 538. The van der Waals surface area contributed by atoms with Crippen LogP contribution in [0, 0.1) is 23.7 Å². The van der Waals surface area contributed by atoms with E-state index in [1.54, 1.807) is 0 Å². The van der Waals surface area contributed by atoms with Gasteiger partial charge >= 0.3 is 6.03 Å². The molecule has 0 spiro atoms. The monoisotopic (exact) mass is 388 g/mol. The quantitative estimate of drug-likeness (QED) is 0.550. The summed E-state index contributed by atoms with van der Waals surface area (Å²) in [5.74, 6) is 3.13. The number of nitrogens with one attached hydrogen (secondary N) is 2. The predicted octanol–water partition coefficient (Wildman–Crippen LogP) is 5.35. The third-order valence-corrected chi connectivity index (χ3v) is 8.16. The molecule has 2 N–H and O–H groups in total. The number of carbonyl (C=O) groups excluding carboxylic acids is 2. The lowest BCUT2D eigenvalue weighted by molar-refractivity contribution is -0.124. The van der Waals surface area contributed by atoms with Gasteiger partial charge in [0.05, 0.1) is 0 Å². The van der Waals surface area contributed by atoms with Crippen LogP contribution in [0.4, 0.5) is 4.79 Å². The zero-order valence-electron chi connectivity index (χ0n) is 17.8. The summed E-state index contributed by atoms with van der Waals surface area (Å²) in [6.07, 6.45) is 17.1. The van der Waals surface area contributed by atoms with E-state index in [0.29, 0.717) is 5.78 Å². The molecule has 28 heavy (non-hydrogen) atoms. The maximum Gasteiger partial charge on any atom is 0.315 e. The number of hydrogen-bond donors (Lipinski definition) is 2. The van der Waals surface area contributed by atoms with E-state index in [0.717, 1.165) is 56.3 Å². The third kappa shape index (κ3) is 4.74. The highest BCUT2D eigenvalue weighted by Gasteiger charge is 2.51. The van der Waals surface area contributed by atoms with E-state index in [2.05, 4.69) is 17.6 Å². The average Bonchev–Trinajstić information content (AvgIpc) is 2.63. The maximum absolute atomic E-state index is 12.8. The van der Waals surface area contributed by atoms with Crippen LogP contribution >= 0.6 is 0 Å². The van der Waals surface area contributed by atoms with Crippen LogP contribution in [0.5, 0.6) is 0 Å². The van der Waals surface area contributed by atoms with Crippen molar-refractivity contribution < 1.29 is 9.59 Å². The Morgan fingerprint density at radius 3 is 2.21 bits per heavy atom. The largest absolute Gasteiger partial charge is 0.335 e. The molecule has 2 atom stereocenters. The molecule has 0 aromatic rings.